The Morgan fingerprint density at radius 2 is 1.88 bits per heavy atom. The molecule has 0 saturated carbocycles. The minimum atomic E-state index is -0.187. The molecule has 1 N–H and O–H groups in total. The molecule has 0 unspecified atom stereocenters. The number of aromatic nitrogens is 2. The van der Waals surface area contributed by atoms with E-state index in [1.807, 2.05) is 0 Å². The molecule has 24 heavy (non-hydrogen) atoms. The molecule has 0 aliphatic carbocycles. The van der Waals surface area contributed by atoms with Gasteiger partial charge in [0.15, 0.2) is 0 Å². The number of carbonyl (C=O) groups excluding carboxylic acids is 1. The second kappa shape index (κ2) is 7.70. The van der Waals surface area contributed by atoms with Gasteiger partial charge in [-0.15, -0.1) is 10.2 Å². The maximum atomic E-state index is 11.9. The second-order valence-corrected chi connectivity index (χ2v) is 6.53. The zero-order chi connectivity index (χ0) is 16.9. The number of rotatable bonds is 5. The lowest BCUT2D eigenvalue weighted by molar-refractivity contribution is -0.113. The Labute approximate surface area is 152 Å². The van der Waals surface area contributed by atoms with Crippen molar-refractivity contribution in [3.8, 4) is 11.5 Å². The maximum Gasteiger partial charge on any atom is 0.277 e. The molecule has 8 heteroatoms. The molecular weight excluding hydrogens is 369 g/mol. The van der Waals surface area contributed by atoms with Crippen LogP contribution in [0.2, 0.25) is 10.0 Å². The molecule has 1 heterocycles. The van der Waals surface area contributed by atoms with Gasteiger partial charge in [0.1, 0.15) is 0 Å². The van der Waals surface area contributed by atoms with Crippen LogP contribution in [0.25, 0.3) is 11.5 Å². The van der Waals surface area contributed by atoms with E-state index in [0.29, 0.717) is 26.8 Å². The fraction of sp³-hybridized carbons (Fsp3) is 0.0625. The normalized spacial score (nSPS) is 10.6. The molecule has 0 atom stereocenters. The highest BCUT2D eigenvalue weighted by Gasteiger charge is 2.11. The highest BCUT2D eigenvalue weighted by molar-refractivity contribution is 7.99. The summed E-state index contributed by atoms with van der Waals surface area (Å²) in [4.78, 5) is 11.9. The fourth-order valence-electron chi connectivity index (χ4n) is 1.87. The molecule has 0 aliphatic heterocycles. The van der Waals surface area contributed by atoms with Crippen LogP contribution in [0.4, 0.5) is 5.69 Å². The van der Waals surface area contributed by atoms with Gasteiger partial charge in [-0.25, -0.2) is 0 Å². The SMILES string of the molecule is O=C(CSc1nnc(-c2ccc(Cl)cc2)o1)Nc1cccc(Cl)c1. The van der Waals surface area contributed by atoms with E-state index in [4.69, 9.17) is 27.6 Å². The average Bonchev–Trinajstić information content (AvgIpc) is 3.03. The largest absolute Gasteiger partial charge is 0.411 e. The Kier molecular flexibility index (Phi) is 5.40. The molecule has 0 bridgehead atoms. The van der Waals surface area contributed by atoms with Crippen LogP contribution in [0, 0.1) is 0 Å². The number of halogens is 2. The molecular formula is C16H11Cl2N3O2S. The van der Waals surface area contributed by atoms with Gasteiger partial charge >= 0.3 is 0 Å². The van der Waals surface area contributed by atoms with Crippen molar-refractivity contribution in [3.05, 3.63) is 58.6 Å². The Morgan fingerprint density at radius 3 is 2.62 bits per heavy atom. The van der Waals surface area contributed by atoms with Gasteiger partial charge in [-0.1, -0.05) is 41.0 Å². The molecule has 1 amide bonds. The van der Waals surface area contributed by atoms with Gasteiger partial charge in [0, 0.05) is 21.3 Å². The Bertz CT molecular complexity index is 853. The van der Waals surface area contributed by atoms with E-state index in [2.05, 4.69) is 15.5 Å². The Morgan fingerprint density at radius 1 is 1.08 bits per heavy atom. The van der Waals surface area contributed by atoms with Gasteiger partial charge in [0.2, 0.25) is 11.8 Å². The molecule has 0 saturated heterocycles. The molecule has 5 nitrogen and oxygen atoms in total. The van der Waals surface area contributed by atoms with Crippen LogP contribution in [0.1, 0.15) is 0 Å². The number of carbonyl (C=O) groups is 1. The van der Waals surface area contributed by atoms with E-state index >= 15 is 0 Å². The summed E-state index contributed by atoms with van der Waals surface area (Å²) >= 11 is 12.9. The maximum absolute atomic E-state index is 11.9. The van der Waals surface area contributed by atoms with Crippen molar-refractivity contribution in [2.45, 2.75) is 5.22 Å². The summed E-state index contributed by atoms with van der Waals surface area (Å²) in [5, 5.41) is 12.1. The Hall–Kier alpha value is -2.02. The summed E-state index contributed by atoms with van der Waals surface area (Å²) in [6, 6.07) is 14.0. The number of hydrogen-bond donors (Lipinski definition) is 1. The van der Waals surface area contributed by atoms with Crippen LogP contribution in [0.15, 0.2) is 58.2 Å². The second-order valence-electron chi connectivity index (χ2n) is 4.73. The predicted octanol–water partition coefficient (Wildman–Crippen LogP) is 4.77. The molecule has 0 fully saturated rings. The minimum Gasteiger partial charge on any atom is -0.411 e. The molecule has 122 valence electrons. The van der Waals surface area contributed by atoms with Crippen LogP contribution >= 0.6 is 35.0 Å². The summed E-state index contributed by atoms with van der Waals surface area (Å²) < 4.78 is 5.53. The summed E-state index contributed by atoms with van der Waals surface area (Å²) in [5.41, 5.74) is 1.41. The van der Waals surface area contributed by atoms with Crippen molar-refractivity contribution in [1.82, 2.24) is 10.2 Å². The van der Waals surface area contributed by atoms with Gasteiger partial charge in [-0.3, -0.25) is 4.79 Å². The summed E-state index contributed by atoms with van der Waals surface area (Å²) in [6.45, 7) is 0. The first-order valence-corrected chi connectivity index (χ1v) is 8.62. The van der Waals surface area contributed by atoms with Gasteiger partial charge in [0.05, 0.1) is 5.75 Å². The smallest absolute Gasteiger partial charge is 0.277 e. The fourth-order valence-corrected chi connectivity index (χ4v) is 2.75. The Balaban J connectivity index is 1.57. The van der Waals surface area contributed by atoms with Crippen molar-refractivity contribution < 1.29 is 9.21 Å². The molecule has 0 spiro atoms. The molecule has 3 aromatic rings. The first-order chi connectivity index (χ1) is 11.6. The molecule has 3 rings (SSSR count). The molecule has 0 aliphatic rings. The van der Waals surface area contributed by atoms with Crippen molar-refractivity contribution in [1.29, 1.82) is 0 Å². The summed E-state index contributed by atoms with van der Waals surface area (Å²) in [5.74, 6) is 0.340. The number of thioether (sulfide) groups is 1. The third kappa shape index (κ3) is 4.50. The standard InChI is InChI=1S/C16H11Cl2N3O2S/c17-11-6-4-10(5-7-11)15-20-21-16(23-15)24-9-14(22)19-13-3-1-2-12(18)8-13/h1-8H,9H2,(H,19,22). The zero-order valence-electron chi connectivity index (χ0n) is 12.2. The van der Waals surface area contributed by atoms with Crippen LogP contribution in [-0.2, 0) is 4.79 Å². The van der Waals surface area contributed by atoms with Gasteiger partial charge in [-0.05, 0) is 42.5 Å². The van der Waals surface area contributed by atoms with E-state index in [-0.39, 0.29) is 11.7 Å². The van der Waals surface area contributed by atoms with E-state index in [0.717, 1.165) is 17.3 Å². The zero-order valence-corrected chi connectivity index (χ0v) is 14.5. The summed E-state index contributed by atoms with van der Waals surface area (Å²) in [7, 11) is 0. The van der Waals surface area contributed by atoms with E-state index < -0.39 is 0 Å². The van der Waals surface area contributed by atoms with Gasteiger partial charge in [0.25, 0.3) is 5.22 Å². The van der Waals surface area contributed by atoms with Gasteiger partial charge in [-0.2, -0.15) is 0 Å². The van der Waals surface area contributed by atoms with Crippen LogP contribution < -0.4 is 5.32 Å². The first-order valence-electron chi connectivity index (χ1n) is 6.88. The number of benzene rings is 2. The number of anilines is 1. The van der Waals surface area contributed by atoms with Crippen molar-refractivity contribution in [2.24, 2.45) is 0 Å². The quantitative estimate of drug-likeness (QED) is 0.646. The molecule has 1 aromatic heterocycles. The van der Waals surface area contributed by atoms with Crippen LogP contribution in [0.3, 0.4) is 0 Å². The molecule has 0 radical (unpaired) electrons. The monoisotopic (exact) mass is 379 g/mol. The topological polar surface area (TPSA) is 68.0 Å². The third-order valence-electron chi connectivity index (χ3n) is 2.93. The molecule has 2 aromatic carbocycles. The number of nitrogens with one attached hydrogen (secondary N) is 1. The first kappa shape index (κ1) is 16.8. The van der Waals surface area contributed by atoms with Crippen molar-refractivity contribution in [3.63, 3.8) is 0 Å². The number of nitrogens with zero attached hydrogens (tertiary/aromatic N) is 2. The predicted molar refractivity (Wildman–Crippen MR) is 95.5 cm³/mol. The van der Waals surface area contributed by atoms with E-state index in [1.165, 1.54) is 0 Å². The lowest BCUT2D eigenvalue weighted by Crippen LogP contribution is -2.13. The highest BCUT2D eigenvalue weighted by Crippen LogP contribution is 2.24. The van der Waals surface area contributed by atoms with E-state index in [9.17, 15) is 4.79 Å². The average molecular weight is 380 g/mol. The van der Waals surface area contributed by atoms with Gasteiger partial charge < -0.3 is 9.73 Å². The van der Waals surface area contributed by atoms with Crippen LogP contribution in [-0.4, -0.2) is 21.9 Å². The lowest BCUT2D eigenvalue weighted by Gasteiger charge is -2.03. The minimum absolute atomic E-state index is 0.148. The van der Waals surface area contributed by atoms with Crippen molar-refractivity contribution in [2.75, 3.05) is 11.1 Å². The number of amides is 1. The highest BCUT2D eigenvalue weighted by atomic mass is 35.5. The lowest BCUT2D eigenvalue weighted by atomic mass is 10.2. The third-order valence-corrected chi connectivity index (χ3v) is 4.24. The van der Waals surface area contributed by atoms with E-state index in [1.54, 1.807) is 48.5 Å². The summed E-state index contributed by atoms with van der Waals surface area (Å²) in [6.07, 6.45) is 0. The van der Waals surface area contributed by atoms with Crippen molar-refractivity contribution >= 4 is 46.6 Å². The van der Waals surface area contributed by atoms with Crippen LogP contribution in [0.5, 0.6) is 0 Å². The number of hydrogen-bond acceptors (Lipinski definition) is 5.